The van der Waals surface area contributed by atoms with Gasteiger partial charge in [0, 0.05) is 33.6 Å². The highest BCUT2D eigenvalue weighted by Crippen LogP contribution is 2.50. The SMILES string of the molecule is CC1(C)c2ccccc2-c2cc(-c3ccc4c(c3)c3ccnc(-c5ccccc5)c3n4C3=CC=C(c4ccccc4)CC3)ccc21. The van der Waals surface area contributed by atoms with E-state index in [1.54, 1.807) is 0 Å². The van der Waals surface area contributed by atoms with Crippen LogP contribution in [0.15, 0.2) is 146 Å². The number of rotatable bonds is 4. The third kappa shape index (κ3) is 4.07. The molecule has 2 heterocycles. The molecule has 2 heteroatoms. The molecule has 46 heavy (non-hydrogen) atoms. The molecule has 0 saturated heterocycles. The molecule has 0 bridgehead atoms. The van der Waals surface area contributed by atoms with E-state index in [-0.39, 0.29) is 5.41 Å². The molecule has 2 aliphatic rings. The van der Waals surface area contributed by atoms with Gasteiger partial charge in [-0.05, 0) is 87.7 Å². The third-order valence-corrected chi connectivity index (χ3v) is 10.2. The maximum absolute atomic E-state index is 4.98. The lowest BCUT2D eigenvalue weighted by atomic mass is 9.82. The first-order chi connectivity index (χ1) is 22.6. The Bertz CT molecular complexity index is 2370. The van der Waals surface area contributed by atoms with Gasteiger partial charge in [-0.2, -0.15) is 0 Å². The van der Waals surface area contributed by atoms with Crippen LogP contribution in [0.2, 0.25) is 0 Å². The second-order valence-electron chi connectivity index (χ2n) is 13.1. The van der Waals surface area contributed by atoms with Gasteiger partial charge in [-0.25, -0.2) is 0 Å². The standard InChI is InChI=1S/C44H34N2/c1-44(2)39-16-10-9-15-35(39)37-27-32(19-23-40(37)44)33-20-24-41-38(28-33)36-25-26-45-42(31-13-7-4-8-14-31)43(36)46(41)34-21-17-30(18-22-34)29-11-5-3-6-12-29/h3-17,19-21,23-28H,18,22H2,1-2H3. The van der Waals surface area contributed by atoms with E-state index in [1.165, 1.54) is 72.0 Å². The maximum Gasteiger partial charge on any atom is 0.0948 e. The predicted octanol–water partition coefficient (Wildman–Crippen LogP) is 11.5. The molecular weight excluding hydrogens is 556 g/mol. The van der Waals surface area contributed by atoms with Crippen molar-refractivity contribution in [2.75, 3.05) is 0 Å². The molecule has 2 nitrogen and oxygen atoms in total. The van der Waals surface area contributed by atoms with Gasteiger partial charge in [0.1, 0.15) is 0 Å². The topological polar surface area (TPSA) is 17.8 Å². The number of hydrogen-bond acceptors (Lipinski definition) is 1. The summed E-state index contributed by atoms with van der Waals surface area (Å²) in [6.07, 6.45) is 8.56. The Kier molecular flexibility index (Phi) is 6.01. The number of hydrogen-bond donors (Lipinski definition) is 0. The normalized spacial score (nSPS) is 15.0. The summed E-state index contributed by atoms with van der Waals surface area (Å²) in [6.45, 7) is 4.68. The molecule has 220 valence electrons. The monoisotopic (exact) mass is 590 g/mol. The average Bonchev–Trinajstić information content (AvgIpc) is 3.57. The van der Waals surface area contributed by atoms with Crippen LogP contribution < -0.4 is 0 Å². The van der Waals surface area contributed by atoms with Crippen LogP contribution in [0.4, 0.5) is 0 Å². The van der Waals surface area contributed by atoms with Gasteiger partial charge in [-0.3, -0.25) is 4.98 Å². The van der Waals surface area contributed by atoms with E-state index in [0.29, 0.717) is 0 Å². The zero-order valence-electron chi connectivity index (χ0n) is 26.2. The van der Waals surface area contributed by atoms with Crippen molar-refractivity contribution >= 4 is 33.1 Å². The average molecular weight is 591 g/mol. The molecule has 9 rings (SSSR count). The molecule has 0 atom stereocenters. The van der Waals surface area contributed by atoms with Crippen LogP contribution in [0.1, 0.15) is 43.4 Å². The molecule has 7 aromatic rings. The summed E-state index contributed by atoms with van der Waals surface area (Å²) >= 11 is 0. The minimum absolute atomic E-state index is 0.00517. The zero-order valence-corrected chi connectivity index (χ0v) is 26.2. The first kappa shape index (κ1) is 26.9. The smallest absolute Gasteiger partial charge is 0.0948 e. The van der Waals surface area contributed by atoms with E-state index in [9.17, 15) is 0 Å². The Morgan fingerprint density at radius 2 is 1.26 bits per heavy atom. The Hall–Kier alpha value is -5.47. The predicted molar refractivity (Wildman–Crippen MR) is 194 cm³/mol. The van der Waals surface area contributed by atoms with E-state index in [1.807, 2.05) is 6.20 Å². The highest BCUT2D eigenvalue weighted by molar-refractivity contribution is 6.14. The van der Waals surface area contributed by atoms with Gasteiger partial charge < -0.3 is 4.57 Å². The van der Waals surface area contributed by atoms with Crippen LogP contribution in [0.5, 0.6) is 0 Å². The lowest BCUT2D eigenvalue weighted by Gasteiger charge is -2.21. The largest absolute Gasteiger partial charge is 0.311 e. The summed E-state index contributed by atoms with van der Waals surface area (Å²) in [7, 11) is 0. The lowest BCUT2D eigenvalue weighted by molar-refractivity contribution is 0.660. The van der Waals surface area contributed by atoms with Crippen molar-refractivity contribution in [2.24, 2.45) is 0 Å². The molecule has 0 unspecified atom stereocenters. The van der Waals surface area contributed by atoms with Crippen LogP contribution >= 0.6 is 0 Å². The number of nitrogens with zero attached hydrogens (tertiary/aromatic N) is 2. The van der Waals surface area contributed by atoms with Gasteiger partial charge in [-0.1, -0.05) is 123 Å². The Balaban J connectivity index is 1.25. The van der Waals surface area contributed by atoms with E-state index >= 15 is 0 Å². The Labute approximate surface area is 270 Å². The summed E-state index contributed by atoms with van der Waals surface area (Å²) in [6, 6.07) is 46.5. The highest BCUT2D eigenvalue weighted by Gasteiger charge is 2.35. The van der Waals surface area contributed by atoms with E-state index < -0.39 is 0 Å². The number of pyridine rings is 1. The Morgan fingerprint density at radius 3 is 2.04 bits per heavy atom. The molecule has 0 fully saturated rings. The van der Waals surface area contributed by atoms with Crippen molar-refractivity contribution in [1.82, 2.24) is 9.55 Å². The Morgan fingerprint density at radius 1 is 0.565 bits per heavy atom. The molecule has 0 spiro atoms. The molecule has 2 aliphatic carbocycles. The fourth-order valence-corrected chi connectivity index (χ4v) is 7.86. The minimum atomic E-state index is 0.00517. The van der Waals surface area contributed by atoms with Crippen molar-refractivity contribution in [1.29, 1.82) is 0 Å². The van der Waals surface area contributed by atoms with Crippen LogP contribution in [-0.2, 0) is 5.41 Å². The molecular formula is C44H34N2. The number of benzene rings is 5. The highest BCUT2D eigenvalue weighted by atomic mass is 15.0. The van der Waals surface area contributed by atoms with Crippen LogP contribution in [0, 0.1) is 0 Å². The summed E-state index contributed by atoms with van der Waals surface area (Å²) in [4.78, 5) is 4.98. The van der Waals surface area contributed by atoms with Crippen molar-refractivity contribution in [2.45, 2.75) is 32.1 Å². The van der Waals surface area contributed by atoms with Gasteiger partial charge >= 0.3 is 0 Å². The number of aromatic nitrogens is 2. The number of fused-ring (bicyclic) bond motifs is 6. The summed E-state index contributed by atoms with van der Waals surface area (Å²) in [5.41, 5.74) is 16.5. The van der Waals surface area contributed by atoms with Gasteiger partial charge in [0.15, 0.2) is 0 Å². The van der Waals surface area contributed by atoms with E-state index in [4.69, 9.17) is 4.98 Å². The minimum Gasteiger partial charge on any atom is -0.311 e. The van der Waals surface area contributed by atoms with Crippen LogP contribution in [0.3, 0.4) is 0 Å². The zero-order chi connectivity index (χ0) is 30.8. The molecule has 0 saturated carbocycles. The number of allylic oxidation sites excluding steroid dienone is 4. The van der Waals surface area contributed by atoms with Gasteiger partial charge in [0.2, 0.25) is 0 Å². The van der Waals surface area contributed by atoms with Crippen LogP contribution in [0.25, 0.3) is 66.6 Å². The van der Waals surface area contributed by atoms with Crippen molar-refractivity contribution in [3.05, 3.63) is 162 Å². The van der Waals surface area contributed by atoms with Crippen molar-refractivity contribution in [3.63, 3.8) is 0 Å². The first-order valence-electron chi connectivity index (χ1n) is 16.3. The van der Waals surface area contributed by atoms with Gasteiger partial charge in [0.25, 0.3) is 0 Å². The lowest BCUT2D eigenvalue weighted by Crippen LogP contribution is -2.14. The van der Waals surface area contributed by atoms with E-state index in [2.05, 4.69) is 158 Å². The van der Waals surface area contributed by atoms with Crippen molar-refractivity contribution < 1.29 is 0 Å². The summed E-state index contributed by atoms with van der Waals surface area (Å²) in [5, 5.41) is 2.49. The third-order valence-electron chi connectivity index (χ3n) is 10.2. The second kappa shape index (κ2) is 10.3. The fourth-order valence-electron chi connectivity index (χ4n) is 7.86. The summed E-state index contributed by atoms with van der Waals surface area (Å²) in [5.74, 6) is 0. The fraction of sp³-hybridized carbons (Fsp3) is 0.114. The maximum atomic E-state index is 4.98. The van der Waals surface area contributed by atoms with E-state index in [0.717, 1.165) is 24.1 Å². The quantitative estimate of drug-likeness (QED) is 0.199. The summed E-state index contributed by atoms with van der Waals surface area (Å²) < 4.78 is 2.48. The molecule has 2 aromatic heterocycles. The van der Waals surface area contributed by atoms with Gasteiger partial charge in [0.05, 0.1) is 16.7 Å². The first-order valence-corrected chi connectivity index (χ1v) is 16.3. The molecule has 0 amide bonds. The van der Waals surface area contributed by atoms with Crippen LogP contribution in [-0.4, -0.2) is 9.55 Å². The molecule has 5 aromatic carbocycles. The second-order valence-corrected chi connectivity index (χ2v) is 13.1. The van der Waals surface area contributed by atoms with Crippen molar-refractivity contribution in [3.8, 4) is 33.5 Å². The molecule has 0 N–H and O–H groups in total. The van der Waals surface area contributed by atoms with Gasteiger partial charge in [-0.15, -0.1) is 0 Å². The molecule has 0 aliphatic heterocycles. The molecule has 0 radical (unpaired) electrons.